The first-order valence-electron chi connectivity index (χ1n) is 7.58. The summed E-state index contributed by atoms with van der Waals surface area (Å²) in [5.74, 6) is 0.00834. The number of hydrogen-bond acceptors (Lipinski definition) is 3. The third-order valence-corrected chi connectivity index (χ3v) is 5.52. The zero-order valence-corrected chi connectivity index (χ0v) is 14.6. The van der Waals surface area contributed by atoms with Crippen LogP contribution in [0.5, 0.6) is 0 Å². The molecule has 1 aliphatic rings. The molecule has 0 aliphatic carbocycles. The van der Waals surface area contributed by atoms with Crippen molar-refractivity contribution in [3.8, 4) is 0 Å². The predicted octanol–water partition coefficient (Wildman–Crippen LogP) is 5.76. The minimum Gasteiger partial charge on any atom is -0.338 e. The van der Waals surface area contributed by atoms with Gasteiger partial charge in [0, 0.05) is 28.6 Å². The fourth-order valence-electron chi connectivity index (χ4n) is 2.80. The van der Waals surface area contributed by atoms with Gasteiger partial charge in [0.05, 0.1) is 10.7 Å². The maximum absolute atomic E-state index is 12.7. The number of carbonyl (C=O) groups excluding carboxylic acids is 1. The molecule has 0 fully saturated rings. The Kier molecular flexibility index (Phi) is 3.83. The van der Waals surface area contributed by atoms with Gasteiger partial charge in [0.1, 0.15) is 0 Å². The average Bonchev–Trinajstić information content (AvgIpc) is 2.90. The van der Waals surface area contributed by atoms with E-state index in [0.29, 0.717) is 10.6 Å². The van der Waals surface area contributed by atoms with Crippen LogP contribution in [0.25, 0.3) is 10.8 Å². The number of rotatable bonds is 2. The highest BCUT2D eigenvalue weighted by Crippen LogP contribution is 2.46. The Morgan fingerprint density at radius 1 is 1.04 bits per heavy atom. The summed E-state index contributed by atoms with van der Waals surface area (Å²) in [6, 6.07) is 19.6. The number of thioether (sulfide) groups is 1. The Hall–Kier alpha value is -2.23. The molecule has 0 saturated carbocycles. The van der Waals surface area contributed by atoms with Crippen LogP contribution >= 0.6 is 23.4 Å². The molecular weight excluding hydrogens is 338 g/mol. The normalized spacial score (nSPS) is 15.1. The van der Waals surface area contributed by atoms with Crippen LogP contribution < -0.4 is 4.90 Å². The number of allylic oxidation sites excluding steroid dienone is 1. The summed E-state index contributed by atoms with van der Waals surface area (Å²) >= 11 is 7.66. The van der Waals surface area contributed by atoms with Crippen molar-refractivity contribution in [3.05, 3.63) is 82.4 Å². The van der Waals surface area contributed by atoms with Crippen LogP contribution in [-0.4, -0.2) is 12.8 Å². The Balaban J connectivity index is 1.66. The van der Waals surface area contributed by atoms with Gasteiger partial charge in [-0.2, -0.15) is 0 Å². The minimum atomic E-state index is 0.00834. The summed E-state index contributed by atoms with van der Waals surface area (Å²) in [4.78, 5) is 15.8. The molecule has 3 aromatic rings. The van der Waals surface area contributed by atoms with Crippen LogP contribution in [0, 0.1) is 0 Å². The number of ketones is 1. The lowest BCUT2D eigenvalue weighted by Crippen LogP contribution is -2.11. The molecule has 4 rings (SSSR count). The fourth-order valence-corrected chi connectivity index (χ4v) is 4.03. The maximum Gasteiger partial charge on any atom is 0.188 e. The first-order valence-corrected chi connectivity index (χ1v) is 8.77. The Bertz CT molecular complexity index is 996. The van der Waals surface area contributed by atoms with Gasteiger partial charge < -0.3 is 4.90 Å². The van der Waals surface area contributed by atoms with Gasteiger partial charge in [-0.25, -0.2) is 0 Å². The van der Waals surface area contributed by atoms with Crippen LogP contribution in [0.3, 0.4) is 0 Å². The van der Waals surface area contributed by atoms with E-state index in [0.717, 1.165) is 26.4 Å². The van der Waals surface area contributed by atoms with Crippen molar-refractivity contribution in [3.63, 3.8) is 0 Å². The molecule has 0 radical (unpaired) electrons. The van der Waals surface area contributed by atoms with Gasteiger partial charge in [0.25, 0.3) is 0 Å². The van der Waals surface area contributed by atoms with E-state index in [1.807, 2.05) is 72.6 Å². The van der Waals surface area contributed by atoms with E-state index in [-0.39, 0.29) is 5.78 Å². The van der Waals surface area contributed by atoms with Crippen molar-refractivity contribution < 1.29 is 4.79 Å². The number of hydrogen-bond donors (Lipinski definition) is 0. The number of fused-ring (bicyclic) bond motifs is 2. The lowest BCUT2D eigenvalue weighted by molar-refractivity contribution is 0.104. The predicted molar refractivity (Wildman–Crippen MR) is 102 cm³/mol. The lowest BCUT2D eigenvalue weighted by atomic mass is 10.0. The molecule has 1 heterocycles. The summed E-state index contributed by atoms with van der Waals surface area (Å²) < 4.78 is 0. The van der Waals surface area contributed by atoms with E-state index < -0.39 is 0 Å². The quantitative estimate of drug-likeness (QED) is 0.432. The van der Waals surface area contributed by atoms with Gasteiger partial charge in [-0.05, 0) is 35.0 Å². The number of carbonyl (C=O) groups is 1. The van der Waals surface area contributed by atoms with Crippen LogP contribution in [-0.2, 0) is 0 Å². The monoisotopic (exact) mass is 351 g/mol. The fraction of sp³-hybridized carbons (Fsp3) is 0.0500. The number of benzene rings is 3. The van der Waals surface area contributed by atoms with Gasteiger partial charge >= 0.3 is 0 Å². The molecule has 2 nitrogen and oxygen atoms in total. The molecule has 0 amide bonds. The number of nitrogens with zero attached hydrogens (tertiary/aromatic N) is 1. The van der Waals surface area contributed by atoms with E-state index in [9.17, 15) is 4.79 Å². The van der Waals surface area contributed by atoms with Crippen molar-refractivity contribution in [2.24, 2.45) is 0 Å². The standard InChI is InChI=1S/C20H14ClNOS/c1-22-17-11-16(21)8-9-19(17)24-20(22)12-18(23)15-7-6-13-4-2-3-5-14(13)10-15/h2-12H,1H3. The maximum atomic E-state index is 12.7. The van der Waals surface area contributed by atoms with Gasteiger partial charge in [0.2, 0.25) is 0 Å². The van der Waals surface area contributed by atoms with Crippen LogP contribution in [0.1, 0.15) is 10.4 Å². The third kappa shape index (κ3) is 2.70. The van der Waals surface area contributed by atoms with Crippen molar-refractivity contribution in [2.75, 3.05) is 11.9 Å². The Labute approximate surface area is 149 Å². The summed E-state index contributed by atoms with van der Waals surface area (Å²) in [5.41, 5.74) is 1.73. The van der Waals surface area contributed by atoms with Gasteiger partial charge in [0.15, 0.2) is 5.78 Å². The molecular formula is C20H14ClNOS. The highest BCUT2D eigenvalue weighted by Gasteiger charge is 2.23. The molecule has 0 aromatic heterocycles. The summed E-state index contributed by atoms with van der Waals surface area (Å²) in [7, 11) is 1.95. The number of anilines is 1. The zero-order chi connectivity index (χ0) is 16.7. The molecule has 0 saturated heterocycles. The van der Waals surface area contributed by atoms with Gasteiger partial charge in [-0.3, -0.25) is 4.79 Å². The van der Waals surface area contributed by atoms with Crippen LogP contribution in [0.15, 0.2) is 76.7 Å². The minimum absolute atomic E-state index is 0.00834. The topological polar surface area (TPSA) is 20.3 Å². The van der Waals surface area contributed by atoms with Crippen molar-refractivity contribution >= 4 is 45.6 Å². The Morgan fingerprint density at radius 3 is 2.67 bits per heavy atom. The molecule has 0 atom stereocenters. The van der Waals surface area contributed by atoms with E-state index in [1.54, 1.807) is 17.8 Å². The summed E-state index contributed by atoms with van der Waals surface area (Å²) in [6.07, 6.45) is 1.70. The smallest absolute Gasteiger partial charge is 0.188 e. The van der Waals surface area contributed by atoms with E-state index in [1.165, 1.54) is 0 Å². The van der Waals surface area contributed by atoms with E-state index >= 15 is 0 Å². The van der Waals surface area contributed by atoms with Gasteiger partial charge in [-0.15, -0.1) is 0 Å². The zero-order valence-electron chi connectivity index (χ0n) is 13.0. The third-order valence-electron chi connectivity index (χ3n) is 4.12. The average molecular weight is 352 g/mol. The van der Waals surface area contributed by atoms with Gasteiger partial charge in [-0.1, -0.05) is 59.8 Å². The summed E-state index contributed by atoms with van der Waals surface area (Å²) in [6.45, 7) is 0. The largest absolute Gasteiger partial charge is 0.338 e. The van der Waals surface area contributed by atoms with Crippen molar-refractivity contribution in [1.29, 1.82) is 0 Å². The second-order valence-electron chi connectivity index (χ2n) is 5.68. The Morgan fingerprint density at radius 2 is 1.83 bits per heavy atom. The first kappa shape index (κ1) is 15.3. The molecule has 0 spiro atoms. The molecule has 0 N–H and O–H groups in total. The molecule has 0 unspecified atom stereocenters. The SMILES string of the molecule is CN1C(=CC(=O)c2ccc3ccccc3c2)Sc2ccc(Cl)cc21. The molecule has 1 aliphatic heterocycles. The highest BCUT2D eigenvalue weighted by atomic mass is 35.5. The van der Waals surface area contributed by atoms with Crippen LogP contribution in [0.4, 0.5) is 5.69 Å². The molecule has 3 aromatic carbocycles. The molecule has 4 heteroatoms. The number of halogens is 1. The molecule has 24 heavy (non-hydrogen) atoms. The van der Waals surface area contributed by atoms with Crippen molar-refractivity contribution in [2.45, 2.75) is 4.90 Å². The second kappa shape index (κ2) is 6.00. The second-order valence-corrected chi connectivity index (χ2v) is 7.18. The van der Waals surface area contributed by atoms with E-state index in [2.05, 4.69) is 0 Å². The van der Waals surface area contributed by atoms with E-state index in [4.69, 9.17) is 11.6 Å². The lowest BCUT2D eigenvalue weighted by Gasteiger charge is -2.13. The summed E-state index contributed by atoms with van der Waals surface area (Å²) in [5, 5.41) is 3.81. The van der Waals surface area contributed by atoms with Crippen LogP contribution in [0.2, 0.25) is 5.02 Å². The highest BCUT2D eigenvalue weighted by molar-refractivity contribution is 8.03. The molecule has 0 bridgehead atoms. The first-order chi connectivity index (χ1) is 11.6. The molecule has 118 valence electrons. The van der Waals surface area contributed by atoms with Crippen molar-refractivity contribution in [1.82, 2.24) is 0 Å².